The van der Waals surface area contributed by atoms with E-state index in [-0.39, 0.29) is 41.3 Å². The second-order valence-electron chi connectivity index (χ2n) is 7.22. The molecule has 0 radical (unpaired) electrons. The number of nitrogens with zero attached hydrogens (tertiary/aromatic N) is 1. The first-order valence-corrected chi connectivity index (χ1v) is 11.4. The lowest BCUT2D eigenvalue weighted by molar-refractivity contribution is -0.118. The largest absolute Gasteiger partial charge is 0.482 e. The van der Waals surface area contributed by atoms with E-state index < -0.39 is 10.0 Å². The van der Waals surface area contributed by atoms with E-state index in [0.717, 1.165) is 22.4 Å². The minimum absolute atomic E-state index is 0.0626. The molecule has 30 heavy (non-hydrogen) atoms. The molecule has 7 nitrogen and oxygen atoms in total. The Morgan fingerprint density at radius 1 is 1.13 bits per heavy atom. The van der Waals surface area contributed by atoms with Gasteiger partial charge < -0.3 is 14.8 Å². The molecular formula is C21H25ClN2O5S. The van der Waals surface area contributed by atoms with Crippen LogP contribution in [0.1, 0.15) is 16.7 Å². The molecule has 3 rings (SSSR count). The maximum absolute atomic E-state index is 13.0. The van der Waals surface area contributed by atoms with E-state index in [4.69, 9.17) is 21.1 Å². The van der Waals surface area contributed by atoms with Crippen molar-refractivity contribution in [1.29, 1.82) is 0 Å². The normalized spacial score (nSPS) is 15.1. The van der Waals surface area contributed by atoms with Gasteiger partial charge in [-0.15, -0.1) is 0 Å². The van der Waals surface area contributed by atoms with Gasteiger partial charge in [-0.3, -0.25) is 4.79 Å². The molecule has 1 N–H and O–H groups in total. The fourth-order valence-corrected chi connectivity index (χ4v) is 5.23. The first-order valence-electron chi connectivity index (χ1n) is 9.56. The number of benzene rings is 2. The average Bonchev–Trinajstić information content (AvgIpc) is 2.70. The molecule has 0 saturated carbocycles. The van der Waals surface area contributed by atoms with Crippen LogP contribution in [-0.2, 0) is 19.6 Å². The Kier molecular flexibility index (Phi) is 7.02. The molecule has 2 aromatic rings. The smallest absolute Gasteiger partial charge is 0.262 e. The number of amides is 1. The van der Waals surface area contributed by atoms with Gasteiger partial charge in [0, 0.05) is 23.8 Å². The predicted octanol–water partition coefficient (Wildman–Crippen LogP) is 3.30. The van der Waals surface area contributed by atoms with E-state index in [1.165, 1.54) is 22.5 Å². The number of sulfonamides is 1. The minimum Gasteiger partial charge on any atom is -0.482 e. The second-order valence-corrected chi connectivity index (χ2v) is 9.56. The van der Waals surface area contributed by atoms with Crippen molar-refractivity contribution in [3.05, 3.63) is 52.0 Å². The van der Waals surface area contributed by atoms with Crippen molar-refractivity contribution in [1.82, 2.24) is 4.31 Å². The van der Waals surface area contributed by atoms with Crippen LogP contribution in [0.3, 0.4) is 0 Å². The first-order chi connectivity index (χ1) is 14.2. The van der Waals surface area contributed by atoms with Gasteiger partial charge in [0.25, 0.3) is 5.91 Å². The fourth-order valence-electron chi connectivity index (χ4n) is 3.42. The van der Waals surface area contributed by atoms with E-state index in [2.05, 4.69) is 5.32 Å². The van der Waals surface area contributed by atoms with Crippen LogP contribution in [0.2, 0.25) is 5.02 Å². The van der Waals surface area contributed by atoms with Gasteiger partial charge in [-0.05, 0) is 50.1 Å². The number of morpholine rings is 1. The van der Waals surface area contributed by atoms with Crippen molar-refractivity contribution in [3.63, 3.8) is 0 Å². The standard InChI is InChI=1S/C21H25ClN2O5S/c1-14-10-15(2)21(16(3)11-14)23-20(25)13-29-18-5-4-17(22)12-19(18)30(26,27)24-6-8-28-9-7-24/h4-5,10-12H,6-9,13H2,1-3H3,(H,23,25). The van der Waals surface area contributed by atoms with E-state index in [1.54, 1.807) is 0 Å². The summed E-state index contributed by atoms with van der Waals surface area (Å²) in [5, 5.41) is 3.11. The highest BCUT2D eigenvalue weighted by Crippen LogP contribution is 2.30. The number of halogens is 1. The maximum Gasteiger partial charge on any atom is 0.262 e. The number of aryl methyl sites for hydroxylation is 3. The maximum atomic E-state index is 13.0. The lowest BCUT2D eigenvalue weighted by Crippen LogP contribution is -2.40. The van der Waals surface area contributed by atoms with Crippen molar-refractivity contribution < 1.29 is 22.7 Å². The highest BCUT2D eigenvalue weighted by molar-refractivity contribution is 7.89. The molecule has 9 heteroatoms. The van der Waals surface area contributed by atoms with Crippen molar-refractivity contribution >= 4 is 33.2 Å². The molecule has 2 aromatic carbocycles. The molecule has 0 spiro atoms. The van der Waals surface area contributed by atoms with Gasteiger partial charge >= 0.3 is 0 Å². The molecule has 1 amide bonds. The molecule has 1 heterocycles. The minimum atomic E-state index is -3.83. The van der Waals surface area contributed by atoms with Crippen molar-refractivity contribution in [2.45, 2.75) is 25.7 Å². The van der Waals surface area contributed by atoms with Crippen LogP contribution in [0.4, 0.5) is 5.69 Å². The lowest BCUT2D eigenvalue weighted by atomic mass is 10.1. The molecule has 1 saturated heterocycles. The Balaban J connectivity index is 1.77. The van der Waals surface area contributed by atoms with Crippen molar-refractivity contribution in [3.8, 4) is 5.75 Å². The molecule has 0 aliphatic carbocycles. The van der Waals surface area contributed by atoms with Gasteiger partial charge in [0.1, 0.15) is 10.6 Å². The fraction of sp³-hybridized carbons (Fsp3) is 0.381. The Morgan fingerprint density at radius 3 is 2.40 bits per heavy atom. The van der Waals surface area contributed by atoms with Crippen molar-refractivity contribution in [2.24, 2.45) is 0 Å². The number of rotatable bonds is 6. The van der Waals surface area contributed by atoms with Gasteiger partial charge in [0.05, 0.1) is 13.2 Å². The summed E-state index contributed by atoms with van der Waals surface area (Å²) < 4.78 is 38.3. The molecule has 0 bridgehead atoms. The summed E-state index contributed by atoms with van der Waals surface area (Å²) in [5.74, 6) is -0.298. The predicted molar refractivity (Wildman–Crippen MR) is 116 cm³/mol. The van der Waals surface area contributed by atoms with Crippen LogP contribution < -0.4 is 10.1 Å². The number of anilines is 1. The van der Waals surface area contributed by atoms with Crippen LogP contribution in [0.25, 0.3) is 0 Å². The second kappa shape index (κ2) is 9.34. The number of hydrogen-bond acceptors (Lipinski definition) is 5. The van der Waals surface area contributed by atoms with Crippen LogP contribution in [0.5, 0.6) is 5.75 Å². The monoisotopic (exact) mass is 452 g/mol. The summed E-state index contributed by atoms with van der Waals surface area (Å²) >= 11 is 6.04. The van der Waals surface area contributed by atoms with Gasteiger partial charge in [-0.1, -0.05) is 29.3 Å². The van der Waals surface area contributed by atoms with Gasteiger partial charge in [0.2, 0.25) is 10.0 Å². The Labute approximate surface area is 182 Å². The summed E-state index contributed by atoms with van der Waals surface area (Å²) in [6, 6.07) is 8.30. The summed E-state index contributed by atoms with van der Waals surface area (Å²) in [6.45, 7) is 6.65. The summed E-state index contributed by atoms with van der Waals surface area (Å²) in [5.41, 5.74) is 3.73. The average molecular weight is 453 g/mol. The molecule has 1 aliphatic heterocycles. The van der Waals surface area contributed by atoms with Crippen LogP contribution in [0.15, 0.2) is 35.2 Å². The third-order valence-electron chi connectivity index (χ3n) is 4.79. The van der Waals surface area contributed by atoms with E-state index in [0.29, 0.717) is 13.2 Å². The zero-order valence-electron chi connectivity index (χ0n) is 17.2. The third kappa shape index (κ3) is 5.13. The van der Waals surface area contributed by atoms with E-state index in [1.807, 2.05) is 32.9 Å². The molecule has 1 aliphatic rings. The quantitative estimate of drug-likeness (QED) is 0.726. The highest BCUT2D eigenvalue weighted by atomic mass is 35.5. The lowest BCUT2D eigenvalue weighted by Gasteiger charge is -2.26. The third-order valence-corrected chi connectivity index (χ3v) is 6.95. The zero-order chi connectivity index (χ0) is 21.9. The summed E-state index contributed by atoms with van der Waals surface area (Å²) in [7, 11) is -3.83. The highest BCUT2D eigenvalue weighted by Gasteiger charge is 2.29. The van der Waals surface area contributed by atoms with Gasteiger partial charge in [-0.2, -0.15) is 4.31 Å². The zero-order valence-corrected chi connectivity index (χ0v) is 18.8. The molecule has 1 fully saturated rings. The SMILES string of the molecule is Cc1cc(C)c(NC(=O)COc2ccc(Cl)cc2S(=O)(=O)N2CCOCC2)c(C)c1. The molecule has 0 atom stereocenters. The number of carbonyl (C=O) groups is 1. The molecule has 0 unspecified atom stereocenters. The van der Waals surface area contributed by atoms with E-state index in [9.17, 15) is 13.2 Å². The molecule has 162 valence electrons. The van der Waals surface area contributed by atoms with E-state index >= 15 is 0 Å². The molecular weight excluding hydrogens is 428 g/mol. The Morgan fingerprint density at radius 2 is 1.77 bits per heavy atom. The first kappa shape index (κ1) is 22.6. The Bertz CT molecular complexity index is 1030. The van der Waals surface area contributed by atoms with Gasteiger partial charge in [-0.25, -0.2) is 8.42 Å². The van der Waals surface area contributed by atoms with Gasteiger partial charge in [0.15, 0.2) is 6.61 Å². The number of ether oxygens (including phenoxy) is 2. The number of hydrogen-bond donors (Lipinski definition) is 1. The summed E-state index contributed by atoms with van der Waals surface area (Å²) in [4.78, 5) is 12.4. The Hall–Kier alpha value is -2.13. The summed E-state index contributed by atoms with van der Waals surface area (Å²) in [6.07, 6.45) is 0. The number of nitrogens with one attached hydrogen (secondary N) is 1. The van der Waals surface area contributed by atoms with Crippen molar-refractivity contribution in [2.75, 3.05) is 38.2 Å². The molecule has 0 aromatic heterocycles. The number of carbonyl (C=O) groups excluding carboxylic acids is 1. The van der Waals surface area contributed by atoms with Crippen LogP contribution in [-0.4, -0.2) is 51.5 Å². The topological polar surface area (TPSA) is 84.9 Å². The van der Waals surface area contributed by atoms with Crippen LogP contribution >= 0.6 is 11.6 Å². The van der Waals surface area contributed by atoms with Crippen LogP contribution in [0, 0.1) is 20.8 Å².